The lowest BCUT2D eigenvalue weighted by molar-refractivity contribution is 0.430. The van der Waals surface area contributed by atoms with Crippen molar-refractivity contribution in [2.75, 3.05) is 5.43 Å². The monoisotopic (exact) mass is 378 g/mol. The van der Waals surface area contributed by atoms with Gasteiger partial charge in [0.1, 0.15) is 5.56 Å². The third-order valence-electron chi connectivity index (χ3n) is 4.49. The third-order valence-corrected chi connectivity index (χ3v) is 4.49. The molecule has 3 N–H and O–H groups in total. The number of nitrogens with zero attached hydrogens (tertiary/aromatic N) is 2. The van der Waals surface area contributed by atoms with Crippen LogP contribution in [0.15, 0.2) is 51.1 Å². The van der Waals surface area contributed by atoms with Gasteiger partial charge in [-0.2, -0.15) is 5.10 Å². The summed E-state index contributed by atoms with van der Waals surface area (Å²) in [6, 6.07) is 11.3. The maximum Gasteiger partial charge on any atom is 0.335 e. The van der Waals surface area contributed by atoms with Crippen molar-refractivity contribution in [3.63, 3.8) is 0 Å². The van der Waals surface area contributed by atoms with E-state index < -0.39 is 17.1 Å². The molecule has 0 aliphatic heterocycles. The lowest BCUT2D eigenvalue weighted by Crippen LogP contribution is -2.31. The number of benzene rings is 2. The second-order valence-electron chi connectivity index (χ2n) is 6.81. The predicted molar refractivity (Wildman–Crippen MR) is 111 cm³/mol. The second kappa shape index (κ2) is 7.56. The second-order valence-corrected chi connectivity index (χ2v) is 6.81. The first-order valence-electron chi connectivity index (χ1n) is 8.80. The maximum absolute atomic E-state index is 12.3. The zero-order chi connectivity index (χ0) is 20.4. The van der Waals surface area contributed by atoms with Gasteiger partial charge in [-0.05, 0) is 56.5 Å². The summed E-state index contributed by atoms with van der Waals surface area (Å²) in [5, 5.41) is 14.7. The van der Waals surface area contributed by atoms with Crippen LogP contribution < -0.4 is 16.7 Å². The molecule has 1 heterocycles. The van der Waals surface area contributed by atoms with E-state index in [1.807, 2.05) is 58.0 Å². The van der Waals surface area contributed by atoms with Crippen LogP contribution in [0.4, 0.5) is 5.69 Å². The Morgan fingerprint density at radius 3 is 2.39 bits per heavy atom. The van der Waals surface area contributed by atoms with Gasteiger partial charge in [-0.25, -0.2) is 9.36 Å². The fraction of sp³-hybridized carbons (Fsp3) is 0.190. The van der Waals surface area contributed by atoms with E-state index in [9.17, 15) is 14.7 Å². The fourth-order valence-electron chi connectivity index (χ4n) is 2.94. The first-order valence-corrected chi connectivity index (χ1v) is 8.80. The van der Waals surface area contributed by atoms with Crippen molar-refractivity contribution in [1.82, 2.24) is 9.55 Å². The quantitative estimate of drug-likeness (QED) is 0.480. The molecule has 0 atom stereocenters. The lowest BCUT2D eigenvalue weighted by atomic mass is 10.1. The number of hydrogen-bond acceptors (Lipinski definition) is 5. The van der Waals surface area contributed by atoms with Crippen molar-refractivity contribution in [1.29, 1.82) is 0 Å². The van der Waals surface area contributed by atoms with Gasteiger partial charge in [0.25, 0.3) is 5.56 Å². The minimum absolute atomic E-state index is 0.113. The van der Waals surface area contributed by atoms with Crippen molar-refractivity contribution >= 4 is 11.9 Å². The average molecular weight is 378 g/mol. The van der Waals surface area contributed by atoms with Crippen LogP contribution in [-0.2, 0) is 0 Å². The molecule has 28 heavy (non-hydrogen) atoms. The van der Waals surface area contributed by atoms with Gasteiger partial charge in [-0.15, -0.1) is 0 Å². The van der Waals surface area contributed by atoms with Crippen LogP contribution in [0, 0.1) is 27.7 Å². The number of aromatic nitrogens is 2. The number of aromatic hydroxyl groups is 1. The topological polar surface area (TPSA) is 99.5 Å². The van der Waals surface area contributed by atoms with Gasteiger partial charge in [0.05, 0.1) is 17.6 Å². The van der Waals surface area contributed by atoms with Crippen molar-refractivity contribution in [2.24, 2.45) is 5.10 Å². The molecule has 0 saturated carbocycles. The molecular weight excluding hydrogens is 356 g/mol. The normalized spacial score (nSPS) is 11.1. The average Bonchev–Trinajstić information content (AvgIpc) is 2.62. The van der Waals surface area contributed by atoms with Gasteiger partial charge in [0.15, 0.2) is 0 Å². The molecule has 0 bridgehead atoms. The van der Waals surface area contributed by atoms with Crippen LogP contribution in [0.2, 0.25) is 0 Å². The highest BCUT2D eigenvalue weighted by Crippen LogP contribution is 2.20. The molecule has 3 aromatic rings. The molecule has 0 spiro atoms. The number of hydrazone groups is 1. The van der Waals surface area contributed by atoms with Crippen molar-refractivity contribution in [2.45, 2.75) is 27.7 Å². The Labute approximate surface area is 162 Å². The smallest absolute Gasteiger partial charge is 0.335 e. The highest BCUT2D eigenvalue weighted by atomic mass is 16.3. The number of anilines is 1. The molecule has 0 unspecified atom stereocenters. The van der Waals surface area contributed by atoms with Gasteiger partial charge >= 0.3 is 5.69 Å². The molecule has 0 aliphatic rings. The van der Waals surface area contributed by atoms with Crippen LogP contribution >= 0.6 is 0 Å². The minimum atomic E-state index is -0.713. The molecule has 3 rings (SSSR count). The number of aromatic amines is 1. The molecule has 0 fully saturated rings. The van der Waals surface area contributed by atoms with Gasteiger partial charge in [-0.1, -0.05) is 29.8 Å². The largest absolute Gasteiger partial charge is 0.493 e. The Hall–Kier alpha value is -3.61. The first-order chi connectivity index (χ1) is 13.3. The molecule has 0 aliphatic carbocycles. The summed E-state index contributed by atoms with van der Waals surface area (Å²) in [5.74, 6) is -0.464. The summed E-state index contributed by atoms with van der Waals surface area (Å²) < 4.78 is 1.07. The highest BCUT2D eigenvalue weighted by Gasteiger charge is 2.15. The lowest BCUT2D eigenvalue weighted by Gasteiger charge is -2.13. The molecule has 1 aromatic heterocycles. The van der Waals surface area contributed by atoms with Gasteiger partial charge < -0.3 is 5.11 Å². The summed E-state index contributed by atoms with van der Waals surface area (Å²) in [4.78, 5) is 26.8. The van der Waals surface area contributed by atoms with E-state index in [-0.39, 0.29) is 5.56 Å². The number of hydrogen-bond donors (Lipinski definition) is 3. The van der Waals surface area contributed by atoms with E-state index in [1.165, 1.54) is 6.21 Å². The first kappa shape index (κ1) is 19.2. The fourth-order valence-corrected chi connectivity index (χ4v) is 2.94. The van der Waals surface area contributed by atoms with Crippen molar-refractivity contribution in [3.05, 3.63) is 85.1 Å². The van der Waals surface area contributed by atoms with Gasteiger partial charge in [-0.3, -0.25) is 15.2 Å². The summed E-state index contributed by atoms with van der Waals surface area (Å²) >= 11 is 0. The van der Waals surface area contributed by atoms with E-state index >= 15 is 0 Å². The van der Waals surface area contributed by atoms with E-state index in [1.54, 1.807) is 6.07 Å². The van der Waals surface area contributed by atoms with Crippen LogP contribution in [0.5, 0.6) is 5.88 Å². The molecular formula is C21H22N4O3. The summed E-state index contributed by atoms with van der Waals surface area (Å²) in [6.45, 7) is 7.64. The summed E-state index contributed by atoms with van der Waals surface area (Å²) in [5.41, 5.74) is 6.42. The molecule has 2 aromatic carbocycles. The number of rotatable bonds is 4. The Balaban J connectivity index is 2.04. The molecule has 7 nitrogen and oxygen atoms in total. The number of H-pyrrole nitrogens is 1. The Bertz CT molecular complexity index is 1190. The van der Waals surface area contributed by atoms with Crippen molar-refractivity contribution < 1.29 is 5.11 Å². The number of aryl methyl sites for hydroxylation is 4. The molecule has 7 heteroatoms. The van der Waals surface area contributed by atoms with E-state index in [0.29, 0.717) is 5.69 Å². The van der Waals surface area contributed by atoms with E-state index in [4.69, 9.17) is 0 Å². The van der Waals surface area contributed by atoms with Crippen LogP contribution in [0.1, 0.15) is 27.8 Å². The Morgan fingerprint density at radius 2 is 1.68 bits per heavy atom. The third kappa shape index (κ3) is 3.73. The van der Waals surface area contributed by atoms with E-state index in [2.05, 4.69) is 15.5 Å². The van der Waals surface area contributed by atoms with Crippen LogP contribution in [-0.4, -0.2) is 20.9 Å². The standard InChI is InChI=1S/C21H22N4O3/c1-12-6-8-17(15(4)9-12)24-22-11-16-19(26)23-21(28)25(20(16)27)18-10-13(2)5-7-14(18)3/h5-11,24,27H,1-4H3,(H,23,26,28). The predicted octanol–water partition coefficient (Wildman–Crippen LogP) is 2.91. The zero-order valence-corrected chi connectivity index (χ0v) is 16.2. The van der Waals surface area contributed by atoms with Crippen LogP contribution in [0.3, 0.4) is 0 Å². The van der Waals surface area contributed by atoms with Crippen molar-refractivity contribution in [3.8, 4) is 11.6 Å². The van der Waals surface area contributed by atoms with Gasteiger partial charge in [0.2, 0.25) is 5.88 Å². The zero-order valence-electron chi connectivity index (χ0n) is 16.2. The number of nitrogens with one attached hydrogen (secondary N) is 2. The minimum Gasteiger partial charge on any atom is -0.493 e. The SMILES string of the molecule is Cc1ccc(NN=Cc2c(O)n(-c3cc(C)ccc3C)c(=O)[nH]c2=O)c(C)c1. The van der Waals surface area contributed by atoms with E-state index in [0.717, 1.165) is 32.5 Å². The molecule has 144 valence electrons. The Morgan fingerprint density at radius 1 is 1.00 bits per heavy atom. The molecule has 0 radical (unpaired) electrons. The Kier molecular flexibility index (Phi) is 5.17. The molecule has 0 saturated heterocycles. The highest BCUT2D eigenvalue weighted by molar-refractivity contribution is 5.83. The van der Waals surface area contributed by atoms with Gasteiger partial charge in [0, 0.05) is 0 Å². The van der Waals surface area contributed by atoms with Crippen LogP contribution in [0.25, 0.3) is 5.69 Å². The summed E-state index contributed by atoms with van der Waals surface area (Å²) in [7, 11) is 0. The summed E-state index contributed by atoms with van der Waals surface area (Å²) in [6.07, 6.45) is 1.20. The maximum atomic E-state index is 12.3. The molecule has 0 amide bonds.